The van der Waals surface area contributed by atoms with E-state index >= 15 is 0 Å². The van der Waals surface area contributed by atoms with Crippen molar-refractivity contribution >= 4 is 28.5 Å². The van der Waals surface area contributed by atoms with Crippen LogP contribution >= 0.6 is 0 Å². The zero-order chi connectivity index (χ0) is 23.1. The van der Waals surface area contributed by atoms with Gasteiger partial charge in [0.05, 0.1) is 23.9 Å². The molecule has 0 radical (unpaired) electrons. The molecule has 2 aromatic rings. The standard InChI is InChI=1S/C21H23N3O7S/c25-20(15-4-2-1-3-5-15)17-13-18(19(24(27)28)12-16(17)14-32(29)30)21(26)22-6-7-23-8-10-31-11-9-23/h1-5,12-13H,6-11,14H2,(H,22,26)(H,29,30). The lowest BCUT2D eigenvalue weighted by Crippen LogP contribution is -2.41. The van der Waals surface area contributed by atoms with Gasteiger partial charge < -0.3 is 14.6 Å². The third-order valence-electron chi connectivity index (χ3n) is 5.04. The number of hydrogen-bond donors (Lipinski definition) is 2. The lowest BCUT2D eigenvalue weighted by molar-refractivity contribution is -0.385. The second kappa shape index (κ2) is 11.0. The second-order valence-electron chi connectivity index (χ2n) is 7.15. The largest absolute Gasteiger partial charge is 0.379 e. The number of nitro groups is 1. The molecule has 0 aliphatic carbocycles. The first-order chi connectivity index (χ1) is 15.4. The lowest BCUT2D eigenvalue weighted by Gasteiger charge is -2.26. The number of carbonyl (C=O) groups excluding carboxylic acids is 2. The third-order valence-corrected chi connectivity index (χ3v) is 5.60. The van der Waals surface area contributed by atoms with E-state index in [9.17, 15) is 28.5 Å². The summed E-state index contributed by atoms with van der Waals surface area (Å²) in [6, 6.07) is 10.3. The van der Waals surface area contributed by atoms with Crippen LogP contribution in [0.3, 0.4) is 0 Å². The van der Waals surface area contributed by atoms with E-state index in [0.717, 1.165) is 25.2 Å². The number of morpholine rings is 1. The lowest BCUT2D eigenvalue weighted by atomic mass is 9.95. The van der Waals surface area contributed by atoms with Crippen molar-refractivity contribution in [2.24, 2.45) is 0 Å². The second-order valence-corrected chi connectivity index (χ2v) is 8.09. The third kappa shape index (κ3) is 6.04. The van der Waals surface area contributed by atoms with Crippen LogP contribution in [0.1, 0.15) is 31.8 Å². The van der Waals surface area contributed by atoms with Crippen molar-refractivity contribution in [2.75, 3.05) is 39.4 Å². The van der Waals surface area contributed by atoms with Crippen LogP contribution in [0.4, 0.5) is 5.69 Å². The van der Waals surface area contributed by atoms with Crippen LogP contribution in [0.2, 0.25) is 0 Å². The van der Waals surface area contributed by atoms with E-state index in [2.05, 4.69) is 10.2 Å². The number of amides is 1. The fourth-order valence-electron chi connectivity index (χ4n) is 3.42. The van der Waals surface area contributed by atoms with Gasteiger partial charge in [0, 0.05) is 43.4 Å². The van der Waals surface area contributed by atoms with Crippen LogP contribution in [-0.2, 0) is 21.6 Å². The number of nitro benzene ring substituents is 1. The number of nitrogens with one attached hydrogen (secondary N) is 1. The summed E-state index contributed by atoms with van der Waals surface area (Å²) in [7, 11) is 0. The molecule has 3 rings (SSSR count). The number of hydrogen-bond acceptors (Lipinski definition) is 7. The van der Waals surface area contributed by atoms with Gasteiger partial charge in [-0.1, -0.05) is 30.3 Å². The van der Waals surface area contributed by atoms with Crippen molar-refractivity contribution in [3.05, 3.63) is 74.8 Å². The summed E-state index contributed by atoms with van der Waals surface area (Å²) in [6.45, 7) is 3.51. The van der Waals surface area contributed by atoms with Crippen molar-refractivity contribution < 1.29 is 28.0 Å². The predicted molar refractivity (Wildman–Crippen MR) is 117 cm³/mol. The highest BCUT2D eigenvalue weighted by Crippen LogP contribution is 2.27. The van der Waals surface area contributed by atoms with Gasteiger partial charge in [0.2, 0.25) is 0 Å². The molecule has 1 unspecified atom stereocenters. The molecule has 1 fully saturated rings. The van der Waals surface area contributed by atoms with Gasteiger partial charge in [0.1, 0.15) is 5.56 Å². The van der Waals surface area contributed by atoms with Gasteiger partial charge in [-0.3, -0.25) is 24.6 Å². The SMILES string of the molecule is O=C(c1ccccc1)c1cc(C(=O)NCCN2CCOCC2)c([N+](=O)[O-])cc1CS(=O)O. The van der Waals surface area contributed by atoms with E-state index in [0.29, 0.717) is 25.3 Å². The molecule has 0 spiro atoms. The summed E-state index contributed by atoms with van der Waals surface area (Å²) in [5, 5.41) is 14.3. The Morgan fingerprint density at radius 1 is 1.16 bits per heavy atom. The average Bonchev–Trinajstić information content (AvgIpc) is 2.79. The Kier molecular flexibility index (Phi) is 8.17. The van der Waals surface area contributed by atoms with Gasteiger partial charge in [0.25, 0.3) is 11.6 Å². The van der Waals surface area contributed by atoms with E-state index in [1.165, 1.54) is 0 Å². The molecule has 2 aromatic carbocycles. The van der Waals surface area contributed by atoms with Gasteiger partial charge in [-0.25, -0.2) is 4.21 Å². The normalized spacial score (nSPS) is 15.2. The Hall–Kier alpha value is -2.99. The van der Waals surface area contributed by atoms with Crippen molar-refractivity contribution in [1.82, 2.24) is 10.2 Å². The summed E-state index contributed by atoms with van der Waals surface area (Å²) in [4.78, 5) is 38.8. The highest BCUT2D eigenvalue weighted by molar-refractivity contribution is 7.78. The number of rotatable bonds is 9. The Bertz CT molecular complexity index is 1020. The molecule has 2 N–H and O–H groups in total. The smallest absolute Gasteiger partial charge is 0.282 e. The summed E-state index contributed by atoms with van der Waals surface area (Å²) < 4.78 is 26.0. The maximum absolute atomic E-state index is 13.0. The molecule has 11 heteroatoms. The molecule has 1 aliphatic heterocycles. The molecule has 1 amide bonds. The molecule has 1 heterocycles. The first kappa shape index (κ1) is 23.7. The summed E-state index contributed by atoms with van der Waals surface area (Å²) in [6.07, 6.45) is 0. The summed E-state index contributed by atoms with van der Waals surface area (Å²) in [5.41, 5.74) is -0.508. The van der Waals surface area contributed by atoms with Crippen LogP contribution in [0.5, 0.6) is 0 Å². The average molecular weight is 461 g/mol. The molecule has 1 saturated heterocycles. The van der Waals surface area contributed by atoms with Crippen molar-refractivity contribution in [1.29, 1.82) is 0 Å². The fourth-order valence-corrected chi connectivity index (χ4v) is 3.93. The van der Waals surface area contributed by atoms with Gasteiger partial charge in [-0.05, 0) is 11.6 Å². The van der Waals surface area contributed by atoms with Crippen LogP contribution in [0.15, 0.2) is 42.5 Å². The zero-order valence-electron chi connectivity index (χ0n) is 17.2. The quantitative estimate of drug-likeness (QED) is 0.249. The van der Waals surface area contributed by atoms with E-state index < -0.39 is 39.1 Å². The van der Waals surface area contributed by atoms with Crippen LogP contribution in [0.25, 0.3) is 0 Å². The molecule has 0 bridgehead atoms. The van der Waals surface area contributed by atoms with Crippen LogP contribution in [0, 0.1) is 10.1 Å². The number of nitrogens with zero attached hydrogens (tertiary/aromatic N) is 2. The Labute approximate surface area is 187 Å². The highest BCUT2D eigenvalue weighted by Gasteiger charge is 2.27. The predicted octanol–water partition coefficient (Wildman–Crippen LogP) is 1.61. The van der Waals surface area contributed by atoms with E-state index in [4.69, 9.17) is 4.74 Å². The first-order valence-electron chi connectivity index (χ1n) is 9.93. The summed E-state index contributed by atoms with van der Waals surface area (Å²) in [5.74, 6) is -1.67. The van der Waals surface area contributed by atoms with Crippen molar-refractivity contribution in [2.45, 2.75) is 5.75 Å². The van der Waals surface area contributed by atoms with Crippen LogP contribution < -0.4 is 5.32 Å². The van der Waals surface area contributed by atoms with Gasteiger partial charge in [0.15, 0.2) is 16.9 Å². The number of carbonyl (C=O) groups is 2. The molecule has 1 atom stereocenters. The molecule has 0 saturated carbocycles. The molecular weight excluding hydrogens is 438 g/mol. The molecule has 10 nitrogen and oxygen atoms in total. The maximum atomic E-state index is 13.0. The van der Waals surface area contributed by atoms with E-state index in [1.807, 2.05) is 0 Å². The first-order valence-corrected chi connectivity index (χ1v) is 11.2. The Balaban J connectivity index is 1.91. The number of ether oxygens (including phenoxy) is 1. The summed E-state index contributed by atoms with van der Waals surface area (Å²) >= 11 is -2.34. The maximum Gasteiger partial charge on any atom is 0.282 e. The minimum absolute atomic E-state index is 0.0243. The van der Waals surface area contributed by atoms with E-state index in [1.54, 1.807) is 30.3 Å². The Morgan fingerprint density at radius 2 is 1.84 bits per heavy atom. The zero-order valence-corrected chi connectivity index (χ0v) is 18.0. The molecule has 1 aliphatic rings. The van der Waals surface area contributed by atoms with Gasteiger partial charge in [-0.2, -0.15) is 0 Å². The fraction of sp³-hybridized carbons (Fsp3) is 0.333. The minimum atomic E-state index is -2.34. The number of ketones is 1. The molecule has 0 aromatic heterocycles. The Morgan fingerprint density at radius 3 is 2.47 bits per heavy atom. The molecule has 32 heavy (non-hydrogen) atoms. The molecular formula is C21H23N3O7S. The van der Waals surface area contributed by atoms with Crippen molar-refractivity contribution in [3.8, 4) is 0 Å². The minimum Gasteiger partial charge on any atom is -0.379 e. The van der Waals surface area contributed by atoms with Crippen molar-refractivity contribution in [3.63, 3.8) is 0 Å². The molecule has 170 valence electrons. The highest BCUT2D eigenvalue weighted by atomic mass is 32.2. The van der Waals surface area contributed by atoms with Gasteiger partial charge in [-0.15, -0.1) is 0 Å². The van der Waals surface area contributed by atoms with Gasteiger partial charge >= 0.3 is 0 Å². The monoisotopic (exact) mass is 461 g/mol. The van der Waals surface area contributed by atoms with E-state index in [-0.39, 0.29) is 23.2 Å². The van der Waals surface area contributed by atoms with Crippen LogP contribution in [-0.4, -0.2) is 69.7 Å². The topological polar surface area (TPSA) is 139 Å². The number of benzene rings is 2.